The predicted molar refractivity (Wildman–Crippen MR) is 77.0 cm³/mol. The molecule has 0 aromatic carbocycles. The molecule has 1 N–H and O–H groups in total. The highest BCUT2D eigenvalue weighted by molar-refractivity contribution is 5.08. The monoisotopic (exact) mass is 263 g/mol. The summed E-state index contributed by atoms with van der Waals surface area (Å²) in [5.74, 6) is 0.649. The lowest BCUT2D eigenvalue weighted by atomic mass is 9.98. The molecule has 0 radical (unpaired) electrons. The van der Waals surface area contributed by atoms with Crippen molar-refractivity contribution < 1.29 is 4.74 Å². The number of ether oxygens (including phenoxy) is 1. The summed E-state index contributed by atoms with van der Waals surface area (Å²) in [6.07, 6.45) is 4.94. The van der Waals surface area contributed by atoms with Gasteiger partial charge < -0.3 is 15.0 Å². The van der Waals surface area contributed by atoms with Crippen molar-refractivity contribution in [2.24, 2.45) is 5.92 Å². The topological polar surface area (TPSA) is 37.4 Å². The third kappa shape index (κ3) is 4.56. The fraction of sp³-hybridized carbons (Fsp3) is 0.667. The number of nitrogens with zero attached hydrogens (tertiary/aromatic N) is 2. The number of nitrogens with one attached hydrogen (secondary N) is 1. The molecule has 0 amide bonds. The van der Waals surface area contributed by atoms with Gasteiger partial charge in [-0.2, -0.15) is 0 Å². The molecule has 1 aliphatic heterocycles. The third-order valence-corrected chi connectivity index (χ3v) is 3.68. The molecule has 0 bridgehead atoms. The van der Waals surface area contributed by atoms with E-state index < -0.39 is 0 Å². The Balaban J connectivity index is 1.85. The molecule has 106 valence electrons. The molecule has 4 nitrogen and oxygen atoms in total. The standard InChI is InChI=1S/C15H25N3O/c1-3-17-15(14-6-8-19-12-14)11-18(2)10-13-5-4-7-16-9-13/h4-5,7,9,14-15,17H,3,6,8,10-12H2,1-2H3. The number of hydrogen-bond acceptors (Lipinski definition) is 4. The molecular weight excluding hydrogens is 238 g/mol. The zero-order valence-corrected chi connectivity index (χ0v) is 12.0. The SMILES string of the molecule is CCNC(CN(C)Cc1cccnc1)C1CCOC1. The van der Waals surface area contributed by atoms with E-state index in [-0.39, 0.29) is 0 Å². The summed E-state index contributed by atoms with van der Waals surface area (Å²) in [7, 11) is 2.17. The lowest BCUT2D eigenvalue weighted by Gasteiger charge is -2.28. The molecule has 1 fully saturated rings. The fourth-order valence-corrected chi connectivity index (χ4v) is 2.72. The third-order valence-electron chi connectivity index (χ3n) is 3.68. The molecule has 2 atom stereocenters. The lowest BCUT2D eigenvalue weighted by molar-refractivity contribution is 0.166. The van der Waals surface area contributed by atoms with Crippen LogP contribution in [-0.4, -0.2) is 49.3 Å². The fourth-order valence-electron chi connectivity index (χ4n) is 2.72. The van der Waals surface area contributed by atoms with Crippen molar-refractivity contribution in [2.45, 2.75) is 25.9 Å². The maximum atomic E-state index is 5.52. The van der Waals surface area contributed by atoms with E-state index in [0.29, 0.717) is 12.0 Å². The molecular formula is C15H25N3O. The Morgan fingerprint density at radius 2 is 2.47 bits per heavy atom. The van der Waals surface area contributed by atoms with E-state index in [0.717, 1.165) is 32.8 Å². The Morgan fingerprint density at radius 1 is 1.58 bits per heavy atom. The molecule has 1 aromatic heterocycles. The van der Waals surface area contributed by atoms with Gasteiger partial charge in [0.25, 0.3) is 0 Å². The maximum absolute atomic E-state index is 5.52. The van der Waals surface area contributed by atoms with Gasteiger partial charge in [0, 0.05) is 44.0 Å². The van der Waals surface area contributed by atoms with Crippen LogP contribution in [0.5, 0.6) is 0 Å². The summed E-state index contributed by atoms with van der Waals surface area (Å²) < 4.78 is 5.52. The van der Waals surface area contributed by atoms with Crippen molar-refractivity contribution in [3.63, 3.8) is 0 Å². The average Bonchev–Trinajstić information content (AvgIpc) is 2.93. The van der Waals surface area contributed by atoms with Gasteiger partial charge in [0.05, 0.1) is 6.61 Å². The van der Waals surface area contributed by atoms with Crippen molar-refractivity contribution in [1.29, 1.82) is 0 Å². The minimum Gasteiger partial charge on any atom is -0.381 e. The van der Waals surface area contributed by atoms with Gasteiger partial charge >= 0.3 is 0 Å². The summed E-state index contributed by atoms with van der Waals surface area (Å²) in [4.78, 5) is 6.53. The number of aromatic nitrogens is 1. The van der Waals surface area contributed by atoms with Crippen LogP contribution >= 0.6 is 0 Å². The second-order valence-electron chi connectivity index (χ2n) is 5.35. The van der Waals surface area contributed by atoms with Crippen LogP contribution in [0.25, 0.3) is 0 Å². The van der Waals surface area contributed by atoms with Gasteiger partial charge in [-0.25, -0.2) is 0 Å². The quantitative estimate of drug-likeness (QED) is 0.809. The van der Waals surface area contributed by atoms with E-state index in [1.54, 1.807) is 0 Å². The van der Waals surface area contributed by atoms with Crippen molar-refractivity contribution in [3.05, 3.63) is 30.1 Å². The van der Waals surface area contributed by atoms with E-state index in [2.05, 4.69) is 35.2 Å². The van der Waals surface area contributed by atoms with Crippen LogP contribution in [0.3, 0.4) is 0 Å². The van der Waals surface area contributed by atoms with E-state index in [4.69, 9.17) is 4.74 Å². The van der Waals surface area contributed by atoms with Crippen molar-refractivity contribution in [1.82, 2.24) is 15.2 Å². The normalized spacial score (nSPS) is 20.9. The van der Waals surface area contributed by atoms with Gasteiger partial charge in [-0.15, -0.1) is 0 Å². The van der Waals surface area contributed by atoms with Crippen LogP contribution in [0.1, 0.15) is 18.9 Å². The minimum absolute atomic E-state index is 0.522. The van der Waals surface area contributed by atoms with E-state index in [1.165, 1.54) is 12.0 Å². The first-order valence-electron chi connectivity index (χ1n) is 7.18. The summed E-state index contributed by atoms with van der Waals surface area (Å²) in [5, 5.41) is 3.60. The van der Waals surface area contributed by atoms with Gasteiger partial charge in [-0.05, 0) is 31.6 Å². The molecule has 19 heavy (non-hydrogen) atoms. The second-order valence-corrected chi connectivity index (χ2v) is 5.35. The first-order chi connectivity index (χ1) is 9.29. The molecule has 0 saturated carbocycles. The Kier molecular flexibility index (Phi) is 5.76. The summed E-state index contributed by atoms with van der Waals surface area (Å²) in [6, 6.07) is 4.65. The van der Waals surface area contributed by atoms with Gasteiger partial charge in [-0.3, -0.25) is 4.98 Å². The van der Waals surface area contributed by atoms with Gasteiger partial charge in [0.1, 0.15) is 0 Å². The van der Waals surface area contributed by atoms with Crippen LogP contribution < -0.4 is 5.32 Å². The second kappa shape index (κ2) is 7.58. The van der Waals surface area contributed by atoms with E-state index in [1.807, 2.05) is 18.5 Å². The molecule has 2 rings (SSSR count). The van der Waals surface area contributed by atoms with Gasteiger partial charge in [0.2, 0.25) is 0 Å². The highest BCUT2D eigenvalue weighted by Crippen LogP contribution is 2.18. The van der Waals surface area contributed by atoms with Crippen LogP contribution in [0, 0.1) is 5.92 Å². The minimum atomic E-state index is 0.522. The Hall–Kier alpha value is -0.970. The Morgan fingerprint density at radius 3 is 3.11 bits per heavy atom. The number of rotatable bonds is 7. The van der Waals surface area contributed by atoms with Gasteiger partial charge in [-0.1, -0.05) is 13.0 Å². The van der Waals surface area contributed by atoms with E-state index in [9.17, 15) is 0 Å². The van der Waals surface area contributed by atoms with Gasteiger partial charge in [0.15, 0.2) is 0 Å². The molecule has 2 heterocycles. The molecule has 0 spiro atoms. The Bertz CT molecular complexity index is 352. The summed E-state index contributed by atoms with van der Waals surface area (Å²) in [5.41, 5.74) is 1.27. The summed E-state index contributed by atoms with van der Waals surface area (Å²) in [6.45, 7) is 7.00. The van der Waals surface area contributed by atoms with Crippen LogP contribution in [0.2, 0.25) is 0 Å². The highest BCUT2D eigenvalue weighted by Gasteiger charge is 2.25. The number of hydrogen-bond donors (Lipinski definition) is 1. The molecule has 4 heteroatoms. The molecule has 1 saturated heterocycles. The molecule has 2 unspecified atom stereocenters. The smallest absolute Gasteiger partial charge is 0.0510 e. The first-order valence-corrected chi connectivity index (χ1v) is 7.18. The van der Waals surface area contributed by atoms with Crippen LogP contribution in [-0.2, 0) is 11.3 Å². The van der Waals surface area contributed by atoms with E-state index >= 15 is 0 Å². The zero-order valence-electron chi connectivity index (χ0n) is 12.0. The average molecular weight is 263 g/mol. The summed E-state index contributed by atoms with van der Waals surface area (Å²) >= 11 is 0. The Labute approximate surface area is 116 Å². The highest BCUT2D eigenvalue weighted by atomic mass is 16.5. The first kappa shape index (κ1) is 14.4. The van der Waals surface area contributed by atoms with Crippen LogP contribution in [0.15, 0.2) is 24.5 Å². The van der Waals surface area contributed by atoms with Crippen molar-refractivity contribution >= 4 is 0 Å². The molecule has 1 aliphatic rings. The number of likely N-dealkylation sites (N-methyl/N-ethyl adjacent to an activating group) is 2. The molecule has 0 aliphatic carbocycles. The number of pyridine rings is 1. The zero-order chi connectivity index (χ0) is 13.5. The van der Waals surface area contributed by atoms with Crippen LogP contribution in [0.4, 0.5) is 0 Å². The molecule has 1 aromatic rings. The largest absolute Gasteiger partial charge is 0.381 e. The maximum Gasteiger partial charge on any atom is 0.0510 e. The van der Waals surface area contributed by atoms with Crippen molar-refractivity contribution in [2.75, 3.05) is 33.4 Å². The van der Waals surface area contributed by atoms with Crippen molar-refractivity contribution in [3.8, 4) is 0 Å². The lowest BCUT2D eigenvalue weighted by Crippen LogP contribution is -2.44. The predicted octanol–water partition coefficient (Wildman–Crippen LogP) is 1.53.